The molecule has 0 aromatic heterocycles. The fraction of sp³-hybridized carbons (Fsp3) is 0.714. The fourth-order valence-corrected chi connectivity index (χ4v) is 2.14. The molecule has 1 heterocycles. The van der Waals surface area contributed by atoms with Gasteiger partial charge in [-0.05, 0) is 12.8 Å². The number of likely N-dealkylation sites (tertiary alicyclic amines) is 1. The summed E-state index contributed by atoms with van der Waals surface area (Å²) in [6.45, 7) is 11.2. The van der Waals surface area contributed by atoms with Gasteiger partial charge in [0.1, 0.15) is 0 Å². The SMILES string of the molecule is C=CCNC(=O)C1CCN(C(=O)C(C)(C)C)CC1. The highest BCUT2D eigenvalue weighted by molar-refractivity contribution is 5.82. The van der Waals surface area contributed by atoms with Gasteiger partial charge in [0.05, 0.1) is 0 Å². The lowest BCUT2D eigenvalue weighted by molar-refractivity contribution is -0.142. The van der Waals surface area contributed by atoms with Gasteiger partial charge in [-0.1, -0.05) is 26.8 Å². The minimum Gasteiger partial charge on any atom is -0.352 e. The maximum atomic E-state index is 12.1. The van der Waals surface area contributed by atoms with Crippen molar-refractivity contribution < 1.29 is 9.59 Å². The Bertz CT molecular complexity index is 323. The van der Waals surface area contributed by atoms with Gasteiger partial charge in [-0.2, -0.15) is 0 Å². The van der Waals surface area contributed by atoms with Crippen LogP contribution in [0.15, 0.2) is 12.7 Å². The summed E-state index contributed by atoms with van der Waals surface area (Å²) in [5, 5.41) is 2.82. The zero-order chi connectivity index (χ0) is 13.8. The van der Waals surface area contributed by atoms with Crippen LogP contribution in [0.25, 0.3) is 0 Å². The third-order valence-corrected chi connectivity index (χ3v) is 3.22. The molecule has 1 aliphatic rings. The number of amides is 2. The highest BCUT2D eigenvalue weighted by Crippen LogP contribution is 2.23. The molecule has 1 fully saturated rings. The lowest BCUT2D eigenvalue weighted by Crippen LogP contribution is -2.46. The zero-order valence-corrected chi connectivity index (χ0v) is 11.7. The van der Waals surface area contributed by atoms with Gasteiger partial charge < -0.3 is 10.2 Å². The van der Waals surface area contributed by atoms with Crippen LogP contribution in [0.5, 0.6) is 0 Å². The van der Waals surface area contributed by atoms with E-state index in [2.05, 4.69) is 11.9 Å². The van der Waals surface area contributed by atoms with Crippen molar-refractivity contribution in [2.24, 2.45) is 11.3 Å². The van der Waals surface area contributed by atoms with Gasteiger partial charge in [-0.15, -0.1) is 6.58 Å². The predicted octanol–water partition coefficient (Wildman–Crippen LogP) is 1.57. The first kappa shape index (κ1) is 14.7. The van der Waals surface area contributed by atoms with Gasteiger partial charge in [0.25, 0.3) is 0 Å². The Balaban J connectivity index is 2.44. The topological polar surface area (TPSA) is 49.4 Å². The van der Waals surface area contributed by atoms with E-state index in [1.54, 1.807) is 6.08 Å². The normalized spacial score (nSPS) is 17.4. The Morgan fingerprint density at radius 1 is 1.33 bits per heavy atom. The monoisotopic (exact) mass is 252 g/mol. The van der Waals surface area contributed by atoms with Crippen molar-refractivity contribution in [3.63, 3.8) is 0 Å². The summed E-state index contributed by atoms with van der Waals surface area (Å²) in [6.07, 6.45) is 3.19. The molecule has 1 aliphatic heterocycles. The second-order valence-corrected chi connectivity index (χ2v) is 5.85. The van der Waals surface area contributed by atoms with Crippen LogP contribution in [0.3, 0.4) is 0 Å². The molecule has 1 rings (SSSR count). The Hall–Kier alpha value is -1.32. The van der Waals surface area contributed by atoms with E-state index in [1.165, 1.54) is 0 Å². The molecule has 2 amide bonds. The minimum atomic E-state index is -0.335. The summed E-state index contributed by atoms with van der Waals surface area (Å²) in [5.74, 6) is 0.291. The molecule has 0 aromatic carbocycles. The average Bonchev–Trinajstić information content (AvgIpc) is 2.34. The lowest BCUT2D eigenvalue weighted by atomic mass is 9.91. The van der Waals surface area contributed by atoms with Crippen LogP contribution in [0.2, 0.25) is 0 Å². The number of carbonyl (C=O) groups is 2. The first-order chi connectivity index (χ1) is 8.36. The van der Waals surface area contributed by atoms with Crippen molar-refractivity contribution in [1.29, 1.82) is 0 Å². The molecule has 102 valence electrons. The van der Waals surface area contributed by atoms with Crippen LogP contribution in [0, 0.1) is 11.3 Å². The number of piperidine rings is 1. The van der Waals surface area contributed by atoms with Crippen molar-refractivity contribution in [3.05, 3.63) is 12.7 Å². The van der Waals surface area contributed by atoms with Crippen LogP contribution in [-0.2, 0) is 9.59 Å². The van der Waals surface area contributed by atoms with Gasteiger partial charge in [0, 0.05) is 31.0 Å². The summed E-state index contributed by atoms with van der Waals surface area (Å²) < 4.78 is 0. The number of nitrogens with zero attached hydrogens (tertiary/aromatic N) is 1. The molecule has 0 spiro atoms. The van der Waals surface area contributed by atoms with Gasteiger partial charge in [0.15, 0.2) is 0 Å². The van der Waals surface area contributed by atoms with E-state index in [-0.39, 0.29) is 23.1 Å². The van der Waals surface area contributed by atoms with E-state index in [9.17, 15) is 9.59 Å². The molecule has 4 heteroatoms. The van der Waals surface area contributed by atoms with E-state index in [0.717, 1.165) is 12.8 Å². The number of rotatable bonds is 3. The van der Waals surface area contributed by atoms with E-state index in [0.29, 0.717) is 19.6 Å². The molecule has 0 saturated carbocycles. The van der Waals surface area contributed by atoms with E-state index >= 15 is 0 Å². The second-order valence-electron chi connectivity index (χ2n) is 5.85. The molecule has 0 bridgehead atoms. The number of carbonyl (C=O) groups excluding carboxylic acids is 2. The molecule has 1 N–H and O–H groups in total. The summed E-state index contributed by atoms with van der Waals surface area (Å²) in [7, 11) is 0. The minimum absolute atomic E-state index is 0.0361. The Morgan fingerprint density at radius 2 is 1.89 bits per heavy atom. The predicted molar refractivity (Wildman–Crippen MR) is 72.0 cm³/mol. The molecular formula is C14H24N2O2. The van der Waals surface area contributed by atoms with Crippen molar-refractivity contribution in [2.75, 3.05) is 19.6 Å². The number of hydrogen-bond donors (Lipinski definition) is 1. The molecular weight excluding hydrogens is 228 g/mol. The van der Waals surface area contributed by atoms with Crippen LogP contribution < -0.4 is 5.32 Å². The highest BCUT2D eigenvalue weighted by atomic mass is 16.2. The molecule has 0 aromatic rings. The smallest absolute Gasteiger partial charge is 0.227 e. The number of nitrogens with one attached hydrogen (secondary N) is 1. The average molecular weight is 252 g/mol. The van der Waals surface area contributed by atoms with Crippen LogP contribution in [0.1, 0.15) is 33.6 Å². The maximum Gasteiger partial charge on any atom is 0.227 e. The second kappa shape index (κ2) is 6.03. The van der Waals surface area contributed by atoms with Crippen molar-refractivity contribution in [1.82, 2.24) is 10.2 Å². The Morgan fingerprint density at radius 3 is 2.33 bits per heavy atom. The quantitative estimate of drug-likeness (QED) is 0.775. The van der Waals surface area contributed by atoms with Gasteiger partial charge in [-0.3, -0.25) is 9.59 Å². The summed E-state index contributed by atoms with van der Waals surface area (Å²) in [5.41, 5.74) is -0.335. The third kappa shape index (κ3) is 3.86. The van der Waals surface area contributed by atoms with Crippen molar-refractivity contribution in [2.45, 2.75) is 33.6 Å². The standard InChI is InChI=1S/C14H24N2O2/c1-5-8-15-12(17)11-6-9-16(10-7-11)13(18)14(2,3)4/h5,11H,1,6-10H2,2-4H3,(H,15,17). The lowest BCUT2D eigenvalue weighted by Gasteiger charge is -2.35. The van der Waals surface area contributed by atoms with Gasteiger partial charge in [0.2, 0.25) is 11.8 Å². The summed E-state index contributed by atoms with van der Waals surface area (Å²) >= 11 is 0. The maximum absolute atomic E-state index is 12.1. The molecule has 4 nitrogen and oxygen atoms in total. The largest absolute Gasteiger partial charge is 0.352 e. The van der Waals surface area contributed by atoms with Gasteiger partial charge >= 0.3 is 0 Å². The molecule has 0 radical (unpaired) electrons. The molecule has 1 saturated heterocycles. The summed E-state index contributed by atoms with van der Waals surface area (Å²) in [6, 6.07) is 0. The highest BCUT2D eigenvalue weighted by Gasteiger charge is 2.32. The number of hydrogen-bond acceptors (Lipinski definition) is 2. The first-order valence-corrected chi connectivity index (χ1v) is 6.54. The Kier molecular flexibility index (Phi) is 4.93. The van der Waals surface area contributed by atoms with Crippen LogP contribution >= 0.6 is 0 Å². The summed E-state index contributed by atoms with van der Waals surface area (Å²) in [4.78, 5) is 25.7. The molecule has 0 unspecified atom stereocenters. The van der Waals surface area contributed by atoms with E-state index in [1.807, 2.05) is 25.7 Å². The van der Waals surface area contributed by atoms with Crippen molar-refractivity contribution in [3.8, 4) is 0 Å². The fourth-order valence-electron chi connectivity index (χ4n) is 2.14. The molecule has 18 heavy (non-hydrogen) atoms. The molecule has 0 aliphatic carbocycles. The van der Waals surface area contributed by atoms with E-state index < -0.39 is 0 Å². The first-order valence-electron chi connectivity index (χ1n) is 6.54. The molecule has 0 atom stereocenters. The van der Waals surface area contributed by atoms with E-state index in [4.69, 9.17) is 0 Å². The van der Waals surface area contributed by atoms with Gasteiger partial charge in [-0.25, -0.2) is 0 Å². The Labute approximate surface area is 109 Å². The third-order valence-electron chi connectivity index (χ3n) is 3.22. The van der Waals surface area contributed by atoms with Crippen LogP contribution in [0.4, 0.5) is 0 Å². The van der Waals surface area contributed by atoms with Crippen LogP contribution in [-0.4, -0.2) is 36.3 Å². The van der Waals surface area contributed by atoms with Crippen molar-refractivity contribution >= 4 is 11.8 Å². The zero-order valence-electron chi connectivity index (χ0n) is 11.7.